The first-order chi connectivity index (χ1) is 12.1. The maximum Gasteiger partial charge on any atom is 0.318 e. The SMILES string of the molecule is C[C@H](NC(=O)N1CCN(c2ncccn2)CC1)C(=O)N1CCSCC1. The van der Waals surface area contributed by atoms with E-state index >= 15 is 0 Å². The molecule has 1 N–H and O–H groups in total. The Morgan fingerprint density at radius 1 is 1.04 bits per heavy atom. The highest BCUT2D eigenvalue weighted by Crippen LogP contribution is 2.12. The number of anilines is 1. The Balaban J connectivity index is 1.46. The zero-order chi connectivity index (χ0) is 17.6. The molecule has 0 unspecified atom stereocenters. The highest BCUT2D eigenvalue weighted by atomic mass is 32.2. The van der Waals surface area contributed by atoms with E-state index in [1.165, 1.54) is 0 Å². The van der Waals surface area contributed by atoms with Crippen molar-refractivity contribution in [3.63, 3.8) is 0 Å². The number of nitrogens with one attached hydrogen (secondary N) is 1. The van der Waals surface area contributed by atoms with E-state index in [4.69, 9.17) is 0 Å². The van der Waals surface area contributed by atoms with Crippen LogP contribution >= 0.6 is 11.8 Å². The lowest BCUT2D eigenvalue weighted by atomic mass is 10.2. The van der Waals surface area contributed by atoms with Crippen LogP contribution in [0.15, 0.2) is 18.5 Å². The number of carbonyl (C=O) groups excluding carboxylic acids is 2. The summed E-state index contributed by atoms with van der Waals surface area (Å²) in [6.07, 6.45) is 3.43. The van der Waals surface area contributed by atoms with Crippen molar-refractivity contribution < 1.29 is 9.59 Å². The molecular formula is C16H24N6O2S. The van der Waals surface area contributed by atoms with Crippen LogP contribution in [0.25, 0.3) is 0 Å². The van der Waals surface area contributed by atoms with Gasteiger partial charge in [0.25, 0.3) is 0 Å². The minimum atomic E-state index is -0.494. The number of nitrogens with zero attached hydrogens (tertiary/aromatic N) is 5. The standard InChI is InChI=1S/C16H24N6O2S/c1-13(14(23)20-9-11-25-12-10-20)19-16(24)22-7-5-21(6-8-22)15-17-3-2-4-18-15/h2-4,13H,5-12H2,1H3,(H,19,24)/t13-/m0/s1. The summed E-state index contributed by atoms with van der Waals surface area (Å²) in [5.41, 5.74) is 0. The highest BCUT2D eigenvalue weighted by molar-refractivity contribution is 7.99. The van der Waals surface area contributed by atoms with E-state index in [0.717, 1.165) is 24.6 Å². The van der Waals surface area contributed by atoms with Crippen LogP contribution in [0.4, 0.5) is 10.7 Å². The van der Waals surface area contributed by atoms with Gasteiger partial charge in [0.2, 0.25) is 11.9 Å². The van der Waals surface area contributed by atoms with Gasteiger partial charge in [0.05, 0.1) is 0 Å². The molecular weight excluding hydrogens is 340 g/mol. The van der Waals surface area contributed by atoms with Gasteiger partial charge in [0, 0.05) is 63.2 Å². The average Bonchev–Trinajstić information content (AvgIpc) is 2.68. The second-order valence-corrected chi connectivity index (χ2v) is 7.36. The van der Waals surface area contributed by atoms with Gasteiger partial charge in [-0.25, -0.2) is 14.8 Å². The Morgan fingerprint density at radius 3 is 2.32 bits per heavy atom. The van der Waals surface area contributed by atoms with Crippen LogP contribution in [0.2, 0.25) is 0 Å². The Labute approximate surface area is 152 Å². The van der Waals surface area contributed by atoms with Crippen LogP contribution in [0, 0.1) is 0 Å². The lowest BCUT2D eigenvalue weighted by molar-refractivity contribution is -0.132. The molecule has 0 radical (unpaired) electrons. The molecule has 1 aromatic rings. The van der Waals surface area contributed by atoms with E-state index in [9.17, 15) is 9.59 Å². The maximum atomic E-state index is 12.4. The van der Waals surface area contributed by atoms with Crippen LogP contribution in [0.5, 0.6) is 0 Å². The second-order valence-electron chi connectivity index (χ2n) is 6.13. The van der Waals surface area contributed by atoms with Crippen molar-refractivity contribution in [3.05, 3.63) is 18.5 Å². The molecule has 3 rings (SSSR count). The molecule has 0 aromatic carbocycles. The predicted molar refractivity (Wildman–Crippen MR) is 97.7 cm³/mol. The summed E-state index contributed by atoms with van der Waals surface area (Å²) in [4.78, 5) is 39.0. The molecule has 0 aliphatic carbocycles. The van der Waals surface area contributed by atoms with Crippen molar-refractivity contribution in [3.8, 4) is 0 Å². The lowest BCUT2D eigenvalue weighted by Crippen LogP contribution is -2.56. The first-order valence-corrected chi connectivity index (χ1v) is 9.74. The smallest absolute Gasteiger partial charge is 0.318 e. The van der Waals surface area contributed by atoms with Crippen molar-refractivity contribution >= 4 is 29.6 Å². The van der Waals surface area contributed by atoms with Gasteiger partial charge in [-0.2, -0.15) is 11.8 Å². The van der Waals surface area contributed by atoms with Crippen LogP contribution in [0.3, 0.4) is 0 Å². The molecule has 2 saturated heterocycles. The number of rotatable bonds is 3. The molecule has 136 valence electrons. The van der Waals surface area contributed by atoms with E-state index in [1.807, 2.05) is 16.7 Å². The van der Waals surface area contributed by atoms with Crippen LogP contribution in [-0.2, 0) is 4.79 Å². The number of carbonyl (C=O) groups is 2. The fraction of sp³-hybridized carbons (Fsp3) is 0.625. The van der Waals surface area contributed by atoms with Crippen molar-refractivity contribution in [2.75, 3.05) is 55.7 Å². The molecule has 0 saturated carbocycles. The third kappa shape index (κ3) is 4.53. The maximum absolute atomic E-state index is 12.4. The molecule has 8 nitrogen and oxygen atoms in total. The first-order valence-electron chi connectivity index (χ1n) is 8.59. The summed E-state index contributed by atoms with van der Waals surface area (Å²) in [7, 11) is 0. The van der Waals surface area contributed by atoms with E-state index in [-0.39, 0.29) is 11.9 Å². The quantitative estimate of drug-likeness (QED) is 0.829. The minimum Gasteiger partial charge on any atom is -0.339 e. The van der Waals surface area contributed by atoms with Gasteiger partial charge in [0.15, 0.2) is 0 Å². The monoisotopic (exact) mass is 364 g/mol. The van der Waals surface area contributed by atoms with E-state index in [0.29, 0.717) is 32.1 Å². The number of hydrogen-bond donors (Lipinski definition) is 1. The second kappa shape index (κ2) is 8.37. The highest BCUT2D eigenvalue weighted by Gasteiger charge is 2.27. The molecule has 2 fully saturated rings. The molecule has 0 bridgehead atoms. The summed E-state index contributed by atoms with van der Waals surface area (Å²) in [6.45, 7) is 5.83. The van der Waals surface area contributed by atoms with Gasteiger partial charge in [-0.3, -0.25) is 4.79 Å². The van der Waals surface area contributed by atoms with Gasteiger partial charge >= 0.3 is 6.03 Å². The van der Waals surface area contributed by atoms with Gasteiger partial charge in [-0.05, 0) is 13.0 Å². The van der Waals surface area contributed by atoms with Crippen molar-refractivity contribution in [1.29, 1.82) is 0 Å². The third-order valence-electron chi connectivity index (χ3n) is 4.44. The van der Waals surface area contributed by atoms with Gasteiger partial charge in [0.1, 0.15) is 6.04 Å². The predicted octanol–water partition coefficient (Wildman–Crippen LogP) is 0.272. The molecule has 1 aromatic heterocycles. The number of aromatic nitrogens is 2. The average molecular weight is 364 g/mol. The van der Waals surface area contributed by atoms with Crippen LogP contribution in [0.1, 0.15) is 6.92 Å². The van der Waals surface area contributed by atoms with Crippen molar-refractivity contribution in [1.82, 2.24) is 25.1 Å². The molecule has 1 atom stereocenters. The zero-order valence-electron chi connectivity index (χ0n) is 14.4. The summed E-state index contributed by atoms with van der Waals surface area (Å²) >= 11 is 1.86. The van der Waals surface area contributed by atoms with Crippen LogP contribution in [-0.4, -0.2) is 88.5 Å². The number of hydrogen-bond acceptors (Lipinski definition) is 6. The van der Waals surface area contributed by atoms with Crippen molar-refractivity contribution in [2.24, 2.45) is 0 Å². The molecule has 3 amide bonds. The molecule has 3 heterocycles. The Kier molecular flexibility index (Phi) is 5.95. The summed E-state index contributed by atoms with van der Waals surface area (Å²) in [5, 5.41) is 2.84. The summed E-state index contributed by atoms with van der Waals surface area (Å²) < 4.78 is 0. The number of thioether (sulfide) groups is 1. The van der Waals surface area contributed by atoms with Gasteiger partial charge in [-0.1, -0.05) is 0 Å². The van der Waals surface area contributed by atoms with Crippen LogP contribution < -0.4 is 10.2 Å². The molecule has 0 spiro atoms. The largest absolute Gasteiger partial charge is 0.339 e. The fourth-order valence-corrected chi connectivity index (χ4v) is 3.86. The Bertz CT molecular complexity index is 588. The summed E-state index contributed by atoms with van der Waals surface area (Å²) in [6, 6.07) is 1.11. The lowest BCUT2D eigenvalue weighted by Gasteiger charge is -2.35. The van der Waals surface area contributed by atoms with E-state index < -0.39 is 6.04 Å². The molecule has 25 heavy (non-hydrogen) atoms. The van der Waals surface area contributed by atoms with E-state index in [2.05, 4.69) is 20.2 Å². The van der Waals surface area contributed by atoms with Crippen molar-refractivity contribution in [2.45, 2.75) is 13.0 Å². The Hall–Kier alpha value is -2.03. The minimum absolute atomic E-state index is 0.00460. The number of urea groups is 1. The Morgan fingerprint density at radius 2 is 1.68 bits per heavy atom. The van der Waals surface area contributed by atoms with Gasteiger partial charge in [-0.15, -0.1) is 0 Å². The normalized spacial score (nSPS) is 19.5. The van der Waals surface area contributed by atoms with Gasteiger partial charge < -0.3 is 20.0 Å². The molecule has 2 aliphatic heterocycles. The number of amides is 3. The first kappa shape index (κ1) is 17.8. The topological polar surface area (TPSA) is 81.7 Å². The fourth-order valence-electron chi connectivity index (χ4n) is 2.96. The third-order valence-corrected chi connectivity index (χ3v) is 5.38. The van der Waals surface area contributed by atoms with E-state index in [1.54, 1.807) is 30.3 Å². The molecule has 9 heteroatoms. The number of piperazine rings is 1. The summed E-state index contributed by atoms with van der Waals surface area (Å²) in [5.74, 6) is 2.63. The zero-order valence-corrected chi connectivity index (χ0v) is 15.2. The molecule has 2 aliphatic rings.